The van der Waals surface area contributed by atoms with Gasteiger partial charge in [0.25, 0.3) is 0 Å². The second-order valence-electron chi connectivity index (χ2n) is 5.13. The average Bonchev–Trinajstić information content (AvgIpc) is 2.96. The first-order valence-corrected chi connectivity index (χ1v) is 8.63. The molecule has 1 aromatic carbocycles. The minimum Gasteiger partial charge on any atom is -0.309 e. The molecule has 0 bridgehead atoms. The fourth-order valence-electron chi connectivity index (χ4n) is 2.30. The lowest BCUT2D eigenvalue weighted by Crippen LogP contribution is -2.21. The van der Waals surface area contributed by atoms with Crippen molar-refractivity contribution in [3.8, 4) is 10.4 Å². The molecule has 1 heterocycles. The molecule has 0 aliphatic carbocycles. The first-order valence-electron chi connectivity index (χ1n) is 7.44. The number of halogens is 2. The smallest absolute Gasteiger partial charge is 0.141 e. The maximum absolute atomic E-state index is 13.2. The molecule has 0 saturated carbocycles. The van der Waals surface area contributed by atoms with Crippen molar-refractivity contribution in [3.63, 3.8) is 0 Å². The van der Waals surface area contributed by atoms with Crippen LogP contribution in [0.5, 0.6) is 0 Å². The van der Waals surface area contributed by atoms with Crippen LogP contribution in [0.15, 0.2) is 30.3 Å². The first-order chi connectivity index (χ1) is 10.2. The summed E-state index contributed by atoms with van der Waals surface area (Å²) in [6, 6.07) is 9.58. The second-order valence-corrected chi connectivity index (χ2v) is 6.65. The largest absolute Gasteiger partial charge is 0.309 e. The molecule has 114 valence electrons. The van der Waals surface area contributed by atoms with Crippen LogP contribution >= 0.6 is 22.9 Å². The maximum Gasteiger partial charge on any atom is 0.141 e. The summed E-state index contributed by atoms with van der Waals surface area (Å²) in [5.74, 6) is -0.370. The summed E-state index contributed by atoms with van der Waals surface area (Å²) < 4.78 is 13.2. The highest BCUT2D eigenvalue weighted by Crippen LogP contribution is 2.34. The van der Waals surface area contributed by atoms with Gasteiger partial charge in [-0.1, -0.05) is 37.9 Å². The van der Waals surface area contributed by atoms with E-state index in [0.29, 0.717) is 6.04 Å². The normalized spacial score (nSPS) is 12.6. The highest BCUT2D eigenvalue weighted by molar-refractivity contribution is 7.15. The lowest BCUT2D eigenvalue weighted by atomic mass is 10.1. The number of hydrogen-bond donors (Lipinski definition) is 1. The number of rotatable bonds is 7. The maximum atomic E-state index is 13.2. The predicted molar refractivity (Wildman–Crippen MR) is 90.7 cm³/mol. The molecule has 0 aliphatic rings. The van der Waals surface area contributed by atoms with E-state index in [1.54, 1.807) is 23.5 Å². The molecule has 4 heteroatoms. The van der Waals surface area contributed by atoms with Crippen molar-refractivity contribution in [2.45, 2.75) is 39.2 Å². The molecule has 1 aromatic heterocycles. The number of nitrogens with one attached hydrogen (secondary N) is 1. The van der Waals surface area contributed by atoms with E-state index in [4.69, 9.17) is 11.6 Å². The fourth-order valence-corrected chi connectivity index (χ4v) is 3.59. The van der Waals surface area contributed by atoms with Gasteiger partial charge in [0.15, 0.2) is 0 Å². The average molecular weight is 326 g/mol. The van der Waals surface area contributed by atoms with Crippen molar-refractivity contribution in [2.75, 3.05) is 6.54 Å². The van der Waals surface area contributed by atoms with Crippen LogP contribution < -0.4 is 5.32 Å². The van der Waals surface area contributed by atoms with Crippen LogP contribution in [-0.2, 0) is 0 Å². The lowest BCUT2D eigenvalue weighted by molar-refractivity contribution is 0.501. The van der Waals surface area contributed by atoms with E-state index in [9.17, 15) is 4.39 Å². The molecular formula is C17H21ClFNS. The summed E-state index contributed by atoms with van der Waals surface area (Å²) in [5.41, 5.74) is 0.975. The first kappa shape index (κ1) is 16.5. The van der Waals surface area contributed by atoms with Gasteiger partial charge in [-0.15, -0.1) is 11.3 Å². The molecule has 0 saturated heterocycles. The highest BCUT2D eigenvalue weighted by atomic mass is 35.5. The monoisotopic (exact) mass is 325 g/mol. The Bertz CT molecular complexity index is 582. The molecule has 0 amide bonds. The Morgan fingerprint density at radius 1 is 1.19 bits per heavy atom. The Morgan fingerprint density at radius 2 is 2.00 bits per heavy atom. The van der Waals surface area contributed by atoms with Gasteiger partial charge in [0.1, 0.15) is 5.82 Å². The van der Waals surface area contributed by atoms with E-state index in [1.807, 2.05) is 0 Å². The summed E-state index contributed by atoms with van der Waals surface area (Å²) in [6.07, 6.45) is 3.41. The Balaban J connectivity index is 2.20. The molecule has 1 unspecified atom stereocenters. The van der Waals surface area contributed by atoms with Crippen molar-refractivity contribution in [3.05, 3.63) is 46.0 Å². The summed E-state index contributed by atoms with van der Waals surface area (Å²) in [5, 5.41) is 3.77. The zero-order valence-electron chi connectivity index (χ0n) is 12.5. The molecule has 21 heavy (non-hydrogen) atoms. The predicted octanol–water partition coefficient (Wildman–Crippen LogP) is 6.05. The van der Waals surface area contributed by atoms with E-state index in [1.165, 1.54) is 10.9 Å². The van der Waals surface area contributed by atoms with Crippen LogP contribution in [0.25, 0.3) is 10.4 Å². The van der Waals surface area contributed by atoms with Gasteiger partial charge in [0.05, 0.1) is 5.02 Å². The molecule has 1 nitrogen and oxygen atoms in total. The van der Waals surface area contributed by atoms with Crippen molar-refractivity contribution in [1.82, 2.24) is 5.32 Å². The number of benzene rings is 1. The molecule has 1 N–H and O–H groups in total. The summed E-state index contributed by atoms with van der Waals surface area (Å²) in [6.45, 7) is 5.41. The van der Waals surface area contributed by atoms with Gasteiger partial charge in [0, 0.05) is 15.8 Å². The Hall–Kier alpha value is -0.900. The lowest BCUT2D eigenvalue weighted by Gasteiger charge is -2.16. The summed E-state index contributed by atoms with van der Waals surface area (Å²) in [7, 11) is 0. The zero-order valence-corrected chi connectivity index (χ0v) is 14.0. The topological polar surface area (TPSA) is 12.0 Å². The van der Waals surface area contributed by atoms with Crippen molar-refractivity contribution in [2.24, 2.45) is 0 Å². The Morgan fingerprint density at radius 3 is 2.67 bits per heavy atom. The van der Waals surface area contributed by atoms with Crippen molar-refractivity contribution in [1.29, 1.82) is 0 Å². The van der Waals surface area contributed by atoms with Crippen LogP contribution in [-0.4, -0.2) is 6.54 Å². The van der Waals surface area contributed by atoms with Gasteiger partial charge >= 0.3 is 0 Å². The third kappa shape index (κ3) is 4.29. The van der Waals surface area contributed by atoms with Crippen LogP contribution in [0.3, 0.4) is 0 Å². The summed E-state index contributed by atoms with van der Waals surface area (Å²) in [4.78, 5) is 2.46. The standard InChI is InChI=1S/C17H21ClFNS/c1-3-5-15(20-10-4-2)17-9-8-16(21-17)12-6-7-14(19)13(18)11-12/h6-9,11,15,20H,3-5,10H2,1-2H3. The van der Waals surface area contributed by atoms with E-state index in [-0.39, 0.29) is 10.8 Å². The molecule has 0 fully saturated rings. The van der Waals surface area contributed by atoms with Crippen LogP contribution in [0.4, 0.5) is 4.39 Å². The minimum atomic E-state index is -0.370. The summed E-state index contributed by atoms with van der Waals surface area (Å²) >= 11 is 7.62. The van der Waals surface area contributed by atoms with Gasteiger partial charge in [-0.3, -0.25) is 0 Å². The van der Waals surface area contributed by atoms with Gasteiger partial charge in [-0.05, 0) is 49.2 Å². The molecule has 2 rings (SSSR count). The molecule has 0 aliphatic heterocycles. The number of thiophene rings is 1. The SMILES string of the molecule is CCCNC(CCC)c1ccc(-c2ccc(F)c(Cl)c2)s1. The van der Waals surface area contributed by atoms with Crippen LogP contribution in [0.1, 0.15) is 44.0 Å². The minimum absolute atomic E-state index is 0.177. The molecular weight excluding hydrogens is 305 g/mol. The quantitative estimate of drug-likeness (QED) is 0.653. The molecule has 0 radical (unpaired) electrons. The Labute approximate surface area is 135 Å². The molecule has 2 aromatic rings. The van der Waals surface area contributed by atoms with Gasteiger partial charge in [0.2, 0.25) is 0 Å². The van der Waals surface area contributed by atoms with Gasteiger partial charge < -0.3 is 5.32 Å². The fraction of sp³-hybridized carbons (Fsp3) is 0.412. The van der Waals surface area contributed by atoms with Crippen LogP contribution in [0.2, 0.25) is 5.02 Å². The van der Waals surface area contributed by atoms with E-state index in [0.717, 1.165) is 36.2 Å². The van der Waals surface area contributed by atoms with Crippen LogP contribution in [0, 0.1) is 5.82 Å². The van der Waals surface area contributed by atoms with Crippen molar-refractivity contribution < 1.29 is 4.39 Å². The third-order valence-electron chi connectivity index (χ3n) is 3.39. The third-order valence-corrected chi connectivity index (χ3v) is 4.93. The van der Waals surface area contributed by atoms with Crippen molar-refractivity contribution >= 4 is 22.9 Å². The Kier molecular flexibility index (Phi) is 6.22. The zero-order chi connectivity index (χ0) is 15.2. The van der Waals surface area contributed by atoms with Gasteiger partial charge in [-0.25, -0.2) is 4.39 Å². The van der Waals surface area contributed by atoms with E-state index in [2.05, 4.69) is 31.3 Å². The van der Waals surface area contributed by atoms with Gasteiger partial charge in [-0.2, -0.15) is 0 Å². The highest BCUT2D eigenvalue weighted by Gasteiger charge is 2.13. The molecule has 1 atom stereocenters. The molecule has 0 spiro atoms. The second kappa shape index (κ2) is 7.92. The van der Waals surface area contributed by atoms with E-state index >= 15 is 0 Å². The van der Waals surface area contributed by atoms with E-state index < -0.39 is 0 Å². The number of hydrogen-bond acceptors (Lipinski definition) is 2.